The average Bonchev–Trinajstić information content (AvgIpc) is 2.85. The number of benzene rings is 1. The van der Waals surface area contributed by atoms with Crippen LogP contribution in [0.1, 0.15) is 33.6 Å². The van der Waals surface area contributed by atoms with Crippen molar-refractivity contribution in [2.75, 3.05) is 18.4 Å². The highest BCUT2D eigenvalue weighted by atomic mass is 16.2. The first-order valence-electron chi connectivity index (χ1n) is 7.79. The predicted molar refractivity (Wildman–Crippen MR) is 85.5 cm³/mol. The molecule has 2 aliphatic heterocycles. The minimum Gasteiger partial charge on any atom is -0.374 e. The van der Waals surface area contributed by atoms with Gasteiger partial charge in [0.2, 0.25) is 5.91 Å². The Balaban J connectivity index is 1.96. The SMILES string of the molecule is NCC(C=O)Nc1cccc2c1C(=O)N(C1CCCNC1=O)C2=O. The van der Waals surface area contributed by atoms with Gasteiger partial charge in [0.1, 0.15) is 12.3 Å². The Morgan fingerprint density at radius 3 is 2.79 bits per heavy atom. The number of carbonyl (C=O) groups excluding carboxylic acids is 4. The van der Waals surface area contributed by atoms with E-state index in [9.17, 15) is 19.2 Å². The van der Waals surface area contributed by atoms with Crippen LogP contribution in [0.4, 0.5) is 5.69 Å². The summed E-state index contributed by atoms with van der Waals surface area (Å²) in [5.74, 6) is -1.34. The van der Waals surface area contributed by atoms with Crippen LogP contribution in [0.2, 0.25) is 0 Å². The van der Waals surface area contributed by atoms with Crippen molar-refractivity contribution in [2.45, 2.75) is 24.9 Å². The number of amides is 3. The minimum absolute atomic E-state index is 0.0596. The zero-order valence-electron chi connectivity index (χ0n) is 13.0. The summed E-state index contributed by atoms with van der Waals surface area (Å²) in [6, 6.07) is 3.32. The Morgan fingerprint density at radius 2 is 2.12 bits per heavy atom. The molecule has 4 N–H and O–H groups in total. The lowest BCUT2D eigenvalue weighted by atomic mass is 10.1. The number of nitrogens with one attached hydrogen (secondary N) is 2. The largest absolute Gasteiger partial charge is 0.374 e. The molecule has 0 radical (unpaired) electrons. The molecule has 8 heteroatoms. The third-order valence-corrected chi connectivity index (χ3v) is 4.27. The van der Waals surface area contributed by atoms with Gasteiger partial charge in [-0.2, -0.15) is 0 Å². The number of aldehydes is 1. The van der Waals surface area contributed by atoms with Crippen LogP contribution in [0.15, 0.2) is 18.2 Å². The average molecular weight is 330 g/mol. The van der Waals surface area contributed by atoms with Gasteiger partial charge < -0.3 is 21.2 Å². The summed E-state index contributed by atoms with van der Waals surface area (Å²) in [7, 11) is 0. The maximum atomic E-state index is 12.8. The number of piperidine rings is 1. The quantitative estimate of drug-likeness (QED) is 0.494. The molecule has 2 atom stereocenters. The number of imide groups is 1. The molecule has 0 aliphatic carbocycles. The van der Waals surface area contributed by atoms with Gasteiger partial charge in [0.05, 0.1) is 17.2 Å². The molecule has 3 amide bonds. The van der Waals surface area contributed by atoms with Gasteiger partial charge in [-0.05, 0) is 25.0 Å². The van der Waals surface area contributed by atoms with E-state index in [-0.39, 0.29) is 23.6 Å². The third kappa shape index (κ3) is 2.54. The first-order chi connectivity index (χ1) is 11.6. The van der Waals surface area contributed by atoms with E-state index in [1.54, 1.807) is 18.2 Å². The molecule has 2 heterocycles. The fourth-order valence-corrected chi connectivity index (χ4v) is 3.06. The molecular weight excluding hydrogens is 312 g/mol. The van der Waals surface area contributed by atoms with Crippen LogP contribution in [0, 0.1) is 0 Å². The van der Waals surface area contributed by atoms with Crippen LogP contribution < -0.4 is 16.4 Å². The monoisotopic (exact) mass is 330 g/mol. The van der Waals surface area contributed by atoms with Crippen molar-refractivity contribution < 1.29 is 19.2 Å². The summed E-state index contributed by atoms with van der Waals surface area (Å²) in [6.07, 6.45) is 1.79. The zero-order chi connectivity index (χ0) is 17.3. The molecule has 2 aliphatic rings. The predicted octanol–water partition coefficient (Wildman–Crippen LogP) is -0.501. The lowest BCUT2D eigenvalue weighted by Gasteiger charge is -2.28. The van der Waals surface area contributed by atoms with Crippen LogP contribution in [-0.2, 0) is 9.59 Å². The third-order valence-electron chi connectivity index (χ3n) is 4.27. The van der Waals surface area contributed by atoms with E-state index < -0.39 is 23.9 Å². The molecule has 24 heavy (non-hydrogen) atoms. The number of hydrogen-bond acceptors (Lipinski definition) is 6. The van der Waals surface area contributed by atoms with Crippen LogP contribution in [-0.4, -0.2) is 54.1 Å². The van der Waals surface area contributed by atoms with Gasteiger partial charge in [-0.15, -0.1) is 0 Å². The van der Waals surface area contributed by atoms with Crippen molar-refractivity contribution in [1.29, 1.82) is 0 Å². The molecule has 0 saturated carbocycles. The molecule has 1 aromatic rings. The second kappa shape index (κ2) is 6.40. The van der Waals surface area contributed by atoms with E-state index in [0.717, 1.165) is 4.90 Å². The Labute approximate surface area is 138 Å². The number of fused-ring (bicyclic) bond motifs is 1. The molecular formula is C16H18N4O4. The van der Waals surface area contributed by atoms with Gasteiger partial charge in [0.25, 0.3) is 11.8 Å². The van der Waals surface area contributed by atoms with Gasteiger partial charge >= 0.3 is 0 Å². The van der Waals surface area contributed by atoms with Gasteiger partial charge in [-0.25, -0.2) is 0 Å². The van der Waals surface area contributed by atoms with Gasteiger partial charge in [0, 0.05) is 18.8 Å². The highest BCUT2D eigenvalue weighted by Crippen LogP contribution is 2.32. The second-order valence-corrected chi connectivity index (χ2v) is 5.78. The second-order valence-electron chi connectivity index (χ2n) is 5.78. The van der Waals surface area contributed by atoms with E-state index in [2.05, 4.69) is 10.6 Å². The van der Waals surface area contributed by atoms with E-state index in [1.165, 1.54) is 0 Å². The molecule has 0 spiro atoms. The summed E-state index contributed by atoms with van der Waals surface area (Å²) in [5.41, 5.74) is 6.27. The Hall–Kier alpha value is -2.74. The van der Waals surface area contributed by atoms with Crippen molar-refractivity contribution in [3.05, 3.63) is 29.3 Å². The molecule has 0 aromatic heterocycles. The first kappa shape index (κ1) is 16.1. The molecule has 2 unspecified atom stereocenters. The zero-order valence-corrected chi connectivity index (χ0v) is 13.0. The van der Waals surface area contributed by atoms with Gasteiger partial charge in [0.15, 0.2) is 0 Å². The van der Waals surface area contributed by atoms with E-state index in [1.807, 2.05) is 0 Å². The highest BCUT2D eigenvalue weighted by Gasteiger charge is 2.44. The summed E-state index contributed by atoms with van der Waals surface area (Å²) >= 11 is 0. The fourth-order valence-electron chi connectivity index (χ4n) is 3.06. The van der Waals surface area contributed by atoms with Crippen LogP contribution in [0.25, 0.3) is 0 Å². The molecule has 0 bridgehead atoms. The Morgan fingerprint density at radius 1 is 1.33 bits per heavy atom. The maximum Gasteiger partial charge on any atom is 0.264 e. The van der Waals surface area contributed by atoms with Crippen LogP contribution in [0.5, 0.6) is 0 Å². The summed E-state index contributed by atoms with van der Waals surface area (Å²) in [5, 5.41) is 5.55. The van der Waals surface area contributed by atoms with Gasteiger partial charge in [-0.3, -0.25) is 19.3 Å². The topological polar surface area (TPSA) is 122 Å². The number of rotatable bonds is 5. The summed E-state index contributed by atoms with van der Waals surface area (Å²) in [4.78, 5) is 49.5. The first-order valence-corrected chi connectivity index (χ1v) is 7.79. The van der Waals surface area contributed by atoms with Crippen LogP contribution in [0.3, 0.4) is 0 Å². The maximum absolute atomic E-state index is 12.8. The smallest absolute Gasteiger partial charge is 0.264 e. The van der Waals surface area contributed by atoms with E-state index in [4.69, 9.17) is 5.73 Å². The number of anilines is 1. The summed E-state index contributed by atoms with van der Waals surface area (Å²) < 4.78 is 0. The van der Waals surface area contributed by atoms with Gasteiger partial charge in [-0.1, -0.05) is 6.07 Å². The Bertz CT molecular complexity index is 718. The van der Waals surface area contributed by atoms with Crippen molar-refractivity contribution in [3.63, 3.8) is 0 Å². The van der Waals surface area contributed by atoms with E-state index in [0.29, 0.717) is 31.4 Å². The standard InChI is InChI=1S/C16H18N4O4/c17-7-9(8-21)19-11-4-1-3-10-13(11)16(24)20(15(10)23)12-5-2-6-18-14(12)22/h1,3-4,8-9,12,19H,2,5-7,17H2,(H,18,22). The molecule has 1 aromatic carbocycles. The number of nitrogens with zero attached hydrogens (tertiary/aromatic N) is 1. The lowest BCUT2D eigenvalue weighted by Crippen LogP contribution is -2.52. The highest BCUT2D eigenvalue weighted by molar-refractivity contribution is 6.25. The number of nitrogens with two attached hydrogens (primary N) is 1. The Kier molecular flexibility index (Phi) is 4.30. The van der Waals surface area contributed by atoms with Crippen molar-refractivity contribution in [1.82, 2.24) is 10.2 Å². The van der Waals surface area contributed by atoms with Crippen molar-refractivity contribution in [2.24, 2.45) is 5.73 Å². The lowest BCUT2D eigenvalue weighted by molar-refractivity contribution is -0.126. The fraction of sp³-hybridized carbons (Fsp3) is 0.375. The summed E-state index contributed by atoms with van der Waals surface area (Å²) in [6.45, 7) is 0.604. The number of hydrogen-bond donors (Lipinski definition) is 3. The van der Waals surface area contributed by atoms with E-state index >= 15 is 0 Å². The molecule has 1 fully saturated rings. The molecule has 8 nitrogen and oxygen atoms in total. The minimum atomic E-state index is -0.796. The molecule has 3 rings (SSSR count). The number of carbonyl (C=O) groups is 4. The van der Waals surface area contributed by atoms with Crippen molar-refractivity contribution in [3.8, 4) is 0 Å². The molecule has 126 valence electrons. The van der Waals surface area contributed by atoms with Crippen LogP contribution >= 0.6 is 0 Å². The molecule has 1 saturated heterocycles. The normalized spacial score (nSPS) is 21.3. The van der Waals surface area contributed by atoms with Crippen molar-refractivity contribution >= 4 is 29.7 Å².